The maximum absolute atomic E-state index is 13.1. The van der Waals surface area contributed by atoms with Gasteiger partial charge in [-0.15, -0.1) is 0 Å². The number of amides is 2. The summed E-state index contributed by atoms with van der Waals surface area (Å²) in [6, 6.07) is 22.0. The number of hydrazone groups is 1. The van der Waals surface area contributed by atoms with Crippen molar-refractivity contribution in [2.45, 2.75) is 26.7 Å². The average molecular weight is 513 g/mol. The van der Waals surface area contributed by atoms with Crippen LogP contribution in [0.15, 0.2) is 83.6 Å². The zero-order valence-electron chi connectivity index (χ0n) is 21.6. The van der Waals surface area contributed by atoms with Gasteiger partial charge in [-0.25, -0.2) is 5.43 Å². The van der Waals surface area contributed by atoms with Crippen molar-refractivity contribution in [1.82, 2.24) is 10.7 Å². The summed E-state index contributed by atoms with van der Waals surface area (Å²) in [5.41, 5.74) is 5.66. The van der Waals surface area contributed by atoms with Crippen LogP contribution in [0.2, 0.25) is 0 Å². The van der Waals surface area contributed by atoms with Crippen LogP contribution in [0.5, 0.6) is 11.5 Å². The van der Waals surface area contributed by atoms with E-state index >= 15 is 0 Å². The number of ether oxygens (including phenoxy) is 2. The highest BCUT2D eigenvalue weighted by Crippen LogP contribution is 2.33. The highest BCUT2D eigenvalue weighted by atomic mass is 16.7. The first-order valence-corrected chi connectivity index (χ1v) is 12.7. The first-order valence-electron chi connectivity index (χ1n) is 12.7. The van der Waals surface area contributed by atoms with Crippen LogP contribution in [0.1, 0.15) is 48.2 Å². The Morgan fingerprint density at radius 1 is 0.895 bits per heavy atom. The van der Waals surface area contributed by atoms with Crippen molar-refractivity contribution in [3.63, 3.8) is 0 Å². The van der Waals surface area contributed by atoms with E-state index in [1.54, 1.807) is 54.8 Å². The van der Waals surface area contributed by atoms with E-state index in [1.807, 2.05) is 18.2 Å². The number of rotatable bonds is 11. The quantitative estimate of drug-likeness (QED) is 0.215. The van der Waals surface area contributed by atoms with Crippen LogP contribution >= 0.6 is 0 Å². The molecule has 0 saturated carbocycles. The molecular formula is C30H32N4O4. The predicted molar refractivity (Wildman–Crippen MR) is 149 cm³/mol. The Bertz CT molecular complexity index is 1300. The minimum absolute atomic E-state index is 0.0417. The molecule has 0 aliphatic carbocycles. The molecule has 2 amide bonds. The Morgan fingerprint density at radius 2 is 1.58 bits per heavy atom. The van der Waals surface area contributed by atoms with Gasteiger partial charge >= 0.3 is 0 Å². The summed E-state index contributed by atoms with van der Waals surface area (Å²) in [7, 11) is 0. The number of fused-ring (bicyclic) bond motifs is 1. The third-order valence-corrected chi connectivity index (χ3v) is 5.86. The van der Waals surface area contributed by atoms with Crippen molar-refractivity contribution in [3.05, 3.63) is 95.2 Å². The van der Waals surface area contributed by atoms with Crippen molar-refractivity contribution in [2.75, 3.05) is 24.8 Å². The number of carbonyl (C=O) groups is 2. The summed E-state index contributed by atoms with van der Waals surface area (Å²) >= 11 is 0. The molecule has 3 aromatic carbocycles. The highest BCUT2D eigenvalue weighted by Gasteiger charge is 2.17. The fourth-order valence-corrected chi connectivity index (χ4v) is 4.02. The van der Waals surface area contributed by atoms with Gasteiger partial charge in [-0.05, 0) is 66.4 Å². The van der Waals surface area contributed by atoms with E-state index in [-0.39, 0.29) is 12.5 Å². The van der Waals surface area contributed by atoms with E-state index in [0.29, 0.717) is 22.6 Å². The van der Waals surface area contributed by atoms with Gasteiger partial charge < -0.3 is 19.7 Å². The maximum atomic E-state index is 13.1. The van der Waals surface area contributed by atoms with Gasteiger partial charge in [0.1, 0.15) is 5.70 Å². The van der Waals surface area contributed by atoms with Gasteiger partial charge in [-0.2, -0.15) is 5.10 Å². The monoisotopic (exact) mass is 512 g/mol. The molecule has 0 saturated heterocycles. The van der Waals surface area contributed by atoms with Crippen LogP contribution in [0, 0.1) is 0 Å². The van der Waals surface area contributed by atoms with Gasteiger partial charge in [-0.1, -0.05) is 50.2 Å². The van der Waals surface area contributed by atoms with Crippen molar-refractivity contribution in [3.8, 4) is 11.5 Å². The summed E-state index contributed by atoms with van der Waals surface area (Å²) < 4.78 is 10.8. The Kier molecular flexibility index (Phi) is 9.12. The van der Waals surface area contributed by atoms with Gasteiger partial charge in [0.05, 0.1) is 6.21 Å². The zero-order chi connectivity index (χ0) is 26.7. The molecule has 0 spiro atoms. The fraction of sp³-hybridized carbons (Fsp3) is 0.233. The van der Waals surface area contributed by atoms with Crippen LogP contribution in [-0.4, -0.2) is 37.9 Å². The Balaban J connectivity index is 1.48. The Hall–Kier alpha value is -4.59. The van der Waals surface area contributed by atoms with Gasteiger partial charge in [-0.3, -0.25) is 9.59 Å². The lowest BCUT2D eigenvalue weighted by Crippen LogP contribution is -2.32. The lowest BCUT2D eigenvalue weighted by molar-refractivity contribution is -0.117. The number of hydrogen-bond acceptors (Lipinski definition) is 6. The van der Waals surface area contributed by atoms with E-state index in [0.717, 1.165) is 37.2 Å². The molecule has 2 N–H and O–H groups in total. The van der Waals surface area contributed by atoms with Crippen LogP contribution in [0.4, 0.5) is 5.69 Å². The molecule has 3 aromatic rings. The van der Waals surface area contributed by atoms with Crippen LogP contribution in [0.3, 0.4) is 0 Å². The van der Waals surface area contributed by atoms with Crippen molar-refractivity contribution >= 4 is 29.8 Å². The molecule has 1 heterocycles. The minimum Gasteiger partial charge on any atom is -0.454 e. The van der Waals surface area contributed by atoms with Crippen molar-refractivity contribution in [1.29, 1.82) is 0 Å². The average Bonchev–Trinajstić information content (AvgIpc) is 3.41. The van der Waals surface area contributed by atoms with Gasteiger partial charge in [0, 0.05) is 24.3 Å². The minimum atomic E-state index is -0.558. The molecule has 0 fully saturated rings. The third-order valence-electron chi connectivity index (χ3n) is 5.86. The topological polar surface area (TPSA) is 92.3 Å². The summed E-state index contributed by atoms with van der Waals surface area (Å²) in [6.45, 7) is 6.49. The smallest absolute Gasteiger partial charge is 0.287 e. The van der Waals surface area contributed by atoms with Crippen LogP contribution in [-0.2, 0) is 4.79 Å². The van der Waals surface area contributed by atoms with Crippen LogP contribution in [0.25, 0.3) is 6.08 Å². The van der Waals surface area contributed by atoms with Crippen molar-refractivity contribution in [2.24, 2.45) is 5.10 Å². The first-order chi connectivity index (χ1) is 18.6. The number of nitrogens with one attached hydrogen (secondary N) is 2. The van der Waals surface area contributed by atoms with E-state index in [9.17, 15) is 9.59 Å². The largest absolute Gasteiger partial charge is 0.454 e. The number of carbonyl (C=O) groups excluding carboxylic acids is 2. The molecular weight excluding hydrogens is 480 g/mol. The molecule has 8 heteroatoms. The number of nitrogens with zero attached hydrogens (tertiary/aromatic N) is 2. The summed E-state index contributed by atoms with van der Waals surface area (Å²) in [4.78, 5) is 28.2. The molecule has 1 aliphatic rings. The molecule has 4 rings (SSSR count). The lowest BCUT2D eigenvalue weighted by atomic mass is 10.1. The standard InChI is InChI=1S/C30H32N4O4/c1-3-16-34(17-4-2)25-13-10-22(11-14-25)20-31-33-30(36)26(32-29(35)24-8-6-5-7-9-24)18-23-12-15-27-28(19-23)38-21-37-27/h5-15,18-20H,3-4,16-17,21H2,1-2H3,(H,32,35)(H,33,36)/b26-18+,31-20-. The highest BCUT2D eigenvalue weighted by molar-refractivity contribution is 6.05. The number of anilines is 1. The molecule has 1 aliphatic heterocycles. The molecule has 0 bridgehead atoms. The zero-order valence-corrected chi connectivity index (χ0v) is 21.6. The normalized spacial score (nSPS) is 12.4. The predicted octanol–water partition coefficient (Wildman–Crippen LogP) is 4.96. The van der Waals surface area contributed by atoms with E-state index in [4.69, 9.17) is 9.47 Å². The molecule has 0 aromatic heterocycles. The number of hydrogen-bond donors (Lipinski definition) is 2. The summed E-state index contributed by atoms with van der Waals surface area (Å²) in [5.74, 6) is 0.239. The maximum Gasteiger partial charge on any atom is 0.287 e. The molecule has 0 radical (unpaired) electrons. The van der Waals surface area contributed by atoms with Crippen LogP contribution < -0.4 is 25.1 Å². The molecule has 196 valence electrons. The second kappa shape index (κ2) is 13.1. The second-order valence-electron chi connectivity index (χ2n) is 8.77. The second-order valence-corrected chi connectivity index (χ2v) is 8.77. The molecule has 0 unspecified atom stereocenters. The number of benzene rings is 3. The van der Waals surface area contributed by atoms with Gasteiger partial charge in [0.2, 0.25) is 6.79 Å². The first kappa shape index (κ1) is 26.5. The molecule has 0 atom stereocenters. The SMILES string of the molecule is CCCN(CCC)c1ccc(/C=N\NC(=O)/C(=C\c2ccc3c(c2)OCO3)NC(=O)c2ccccc2)cc1. The summed E-state index contributed by atoms with van der Waals surface area (Å²) in [5, 5.41) is 6.81. The molecule has 38 heavy (non-hydrogen) atoms. The van der Waals surface area contributed by atoms with Gasteiger partial charge in [0.15, 0.2) is 11.5 Å². The van der Waals surface area contributed by atoms with Gasteiger partial charge in [0.25, 0.3) is 11.8 Å². The summed E-state index contributed by atoms with van der Waals surface area (Å²) in [6.07, 6.45) is 5.30. The van der Waals surface area contributed by atoms with E-state index in [1.165, 1.54) is 0 Å². The van der Waals surface area contributed by atoms with E-state index in [2.05, 4.69) is 46.7 Å². The van der Waals surface area contributed by atoms with E-state index < -0.39 is 11.8 Å². The van der Waals surface area contributed by atoms with Crippen molar-refractivity contribution < 1.29 is 19.1 Å². The molecule has 8 nitrogen and oxygen atoms in total. The Morgan fingerprint density at radius 3 is 2.29 bits per heavy atom. The Labute approximate surface area is 223 Å². The lowest BCUT2D eigenvalue weighted by Gasteiger charge is -2.23. The third kappa shape index (κ3) is 7.00. The fourth-order valence-electron chi connectivity index (χ4n) is 4.02.